The molecule has 0 radical (unpaired) electrons. The van der Waals surface area contributed by atoms with Gasteiger partial charge in [0.15, 0.2) is 5.82 Å². The second-order valence-electron chi connectivity index (χ2n) is 10.6. The van der Waals surface area contributed by atoms with Crippen molar-refractivity contribution in [1.29, 1.82) is 0 Å². The lowest BCUT2D eigenvalue weighted by molar-refractivity contribution is -0.0275. The van der Waals surface area contributed by atoms with Gasteiger partial charge in [-0.25, -0.2) is 0 Å². The van der Waals surface area contributed by atoms with E-state index >= 15 is 0 Å². The molecule has 1 heterocycles. The molecule has 6 nitrogen and oxygen atoms in total. The predicted molar refractivity (Wildman–Crippen MR) is 120 cm³/mol. The Labute approximate surface area is 185 Å². The van der Waals surface area contributed by atoms with Crippen LogP contribution < -0.4 is 5.73 Å². The molecule has 0 saturated heterocycles. The third-order valence-corrected chi connectivity index (χ3v) is 9.25. The van der Waals surface area contributed by atoms with Crippen LogP contribution in [0.2, 0.25) is 0 Å². The Bertz CT molecular complexity index is 905. The summed E-state index contributed by atoms with van der Waals surface area (Å²) in [5.41, 5.74) is 8.95. The largest absolute Gasteiger partial charge is 0.395 e. The Morgan fingerprint density at radius 3 is 2.90 bits per heavy atom. The summed E-state index contributed by atoms with van der Waals surface area (Å²) in [5.74, 6) is 3.96. The van der Waals surface area contributed by atoms with Gasteiger partial charge in [-0.3, -0.25) is 0 Å². The zero-order valence-corrected chi connectivity index (χ0v) is 19.0. The standard InChI is InChI=1S/C25H36N4O2/c1-16-4-7-20-19-6-5-17-14-18(28-30-13-10-23-27-22(15-26)29-31-23)8-11-25(17,3)21(19)9-12-24(16,20)2/h5-6,17,19-21H,1,4,7-15,26H2,2-3H3/t17?,19?,20?,21?,24-,25+/m1/s1. The van der Waals surface area contributed by atoms with Gasteiger partial charge >= 0.3 is 0 Å². The number of oxime groups is 1. The minimum Gasteiger partial charge on any atom is -0.395 e. The second-order valence-corrected chi connectivity index (χ2v) is 10.6. The highest BCUT2D eigenvalue weighted by Crippen LogP contribution is 2.65. The maximum atomic E-state index is 5.62. The van der Waals surface area contributed by atoms with Crippen LogP contribution in [0.1, 0.15) is 70.5 Å². The molecule has 0 aromatic carbocycles. The fraction of sp³-hybridized carbons (Fsp3) is 0.720. The average molecular weight is 425 g/mol. The minimum atomic E-state index is 0.289. The van der Waals surface area contributed by atoms with Crippen LogP contribution in [0.5, 0.6) is 0 Å². The topological polar surface area (TPSA) is 86.5 Å². The molecule has 0 bridgehead atoms. The summed E-state index contributed by atoms with van der Waals surface area (Å²) in [7, 11) is 0. The number of fused-ring (bicyclic) bond motifs is 5. The molecule has 2 N–H and O–H groups in total. The lowest BCUT2D eigenvalue weighted by Gasteiger charge is -2.57. The summed E-state index contributed by atoms with van der Waals surface area (Å²) in [6, 6.07) is 0. The first kappa shape index (κ1) is 20.9. The molecule has 0 amide bonds. The first-order valence-electron chi connectivity index (χ1n) is 12.0. The molecule has 1 aromatic heterocycles. The minimum absolute atomic E-state index is 0.289. The third kappa shape index (κ3) is 3.47. The molecule has 4 aliphatic rings. The molecule has 5 rings (SSSR count). The van der Waals surface area contributed by atoms with E-state index in [0.717, 1.165) is 30.6 Å². The predicted octanol–water partition coefficient (Wildman–Crippen LogP) is 4.82. The van der Waals surface area contributed by atoms with Gasteiger partial charge in [0, 0.05) is 0 Å². The smallest absolute Gasteiger partial charge is 0.230 e. The molecular formula is C25H36N4O2. The van der Waals surface area contributed by atoms with Crippen molar-refractivity contribution >= 4 is 5.71 Å². The van der Waals surface area contributed by atoms with Gasteiger partial charge in [-0.1, -0.05) is 48.5 Å². The maximum Gasteiger partial charge on any atom is 0.230 e. The van der Waals surface area contributed by atoms with Crippen molar-refractivity contribution in [2.75, 3.05) is 6.61 Å². The maximum absolute atomic E-state index is 5.62. The lowest BCUT2D eigenvalue weighted by atomic mass is 9.47. The van der Waals surface area contributed by atoms with Gasteiger partial charge < -0.3 is 15.1 Å². The highest BCUT2D eigenvalue weighted by Gasteiger charge is 2.57. The highest BCUT2D eigenvalue weighted by atomic mass is 16.6. The van der Waals surface area contributed by atoms with Crippen molar-refractivity contribution in [3.05, 3.63) is 36.0 Å². The van der Waals surface area contributed by atoms with Gasteiger partial charge in [-0.05, 0) is 79.4 Å². The molecule has 6 atom stereocenters. The highest BCUT2D eigenvalue weighted by molar-refractivity contribution is 5.85. The summed E-state index contributed by atoms with van der Waals surface area (Å²) in [6.07, 6.45) is 14.1. The van der Waals surface area contributed by atoms with Crippen molar-refractivity contribution in [2.24, 2.45) is 45.4 Å². The van der Waals surface area contributed by atoms with Gasteiger partial charge in [-0.2, -0.15) is 4.98 Å². The van der Waals surface area contributed by atoms with E-state index in [0.29, 0.717) is 41.5 Å². The number of aromatic nitrogens is 2. The van der Waals surface area contributed by atoms with Crippen molar-refractivity contribution in [2.45, 2.75) is 71.8 Å². The summed E-state index contributed by atoms with van der Waals surface area (Å²) in [4.78, 5) is 9.82. The van der Waals surface area contributed by atoms with E-state index in [1.54, 1.807) is 0 Å². The van der Waals surface area contributed by atoms with Crippen LogP contribution in [0, 0.1) is 34.5 Å². The second kappa shape index (κ2) is 7.88. The summed E-state index contributed by atoms with van der Waals surface area (Å²) in [5, 5.41) is 8.28. The molecule has 3 fully saturated rings. The van der Waals surface area contributed by atoms with Gasteiger partial charge in [0.2, 0.25) is 5.89 Å². The zero-order chi connectivity index (χ0) is 21.6. The number of hydrogen-bond donors (Lipinski definition) is 1. The summed E-state index contributed by atoms with van der Waals surface area (Å²) in [6.45, 7) is 10.2. The summed E-state index contributed by atoms with van der Waals surface area (Å²) >= 11 is 0. The van der Waals surface area contributed by atoms with Crippen molar-refractivity contribution in [3.63, 3.8) is 0 Å². The number of nitrogens with zero attached hydrogens (tertiary/aromatic N) is 3. The number of nitrogens with two attached hydrogens (primary N) is 1. The van der Waals surface area contributed by atoms with Gasteiger partial charge in [0.05, 0.1) is 18.7 Å². The van der Waals surface area contributed by atoms with Crippen molar-refractivity contribution in [3.8, 4) is 0 Å². The van der Waals surface area contributed by atoms with E-state index in [1.165, 1.54) is 43.4 Å². The van der Waals surface area contributed by atoms with Crippen LogP contribution in [0.15, 0.2) is 34.0 Å². The third-order valence-electron chi connectivity index (χ3n) is 9.25. The van der Waals surface area contributed by atoms with E-state index < -0.39 is 0 Å². The molecule has 6 heteroatoms. The average Bonchev–Trinajstić information content (AvgIpc) is 3.35. The molecule has 0 aliphatic heterocycles. The number of hydrogen-bond acceptors (Lipinski definition) is 6. The van der Waals surface area contributed by atoms with Crippen LogP contribution in [0.3, 0.4) is 0 Å². The van der Waals surface area contributed by atoms with Crippen LogP contribution in [0.25, 0.3) is 0 Å². The molecule has 4 aliphatic carbocycles. The fourth-order valence-electron chi connectivity index (χ4n) is 7.17. The number of allylic oxidation sites excluding steroid dienone is 3. The lowest BCUT2D eigenvalue weighted by Crippen LogP contribution is -2.51. The molecule has 3 saturated carbocycles. The Hall–Kier alpha value is -1.95. The first-order valence-corrected chi connectivity index (χ1v) is 12.0. The van der Waals surface area contributed by atoms with E-state index in [2.05, 4.69) is 47.9 Å². The van der Waals surface area contributed by atoms with Crippen LogP contribution in [-0.2, 0) is 17.8 Å². The Kier molecular flexibility index (Phi) is 5.32. The molecule has 4 unspecified atom stereocenters. The van der Waals surface area contributed by atoms with Gasteiger partial charge in [0.1, 0.15) is 6.61 Å². The Balaban J connectivity index is 1.22. The molecule has 168 valence electrons. The fourth-order valence-corrected chi connectivity index (χ4v) is 7.17. The SMILES string of the molecule is C=C1CCC2C3C=CC4CC(=NOCCc5nc(CN)no5)CC[C@]4(C)C3CC[C@]12C. The van der Waals surface area contributed by atoms with Crippen LogP contribution in [0.4, 0.5) is 0 Å². The van der Waals surface area contributed by atoms with E-state index in [4.69, 9.17) is 15.1 Å². The van der Waals surface area contributed by atoms with E-state index in [9.17, 15) is 0 Å². The monoisotopic (exact) mass is 424 g/mol. The Morgan fingerprint density at radius 2 is 2.10 bits per heavy atom. The quantitative estimate of drug-likeness (QED) is 0.416. The molecular weight excluding hydrogens is 388 g/mol. The van der Waals surface area contributed by atoms with Gasteiger partial charge in [-0.15, -0.1) is 0 Å². The van der Waals surface area contributed by atoms with E-state index in [-0.39, 0.29) is 6.54 Å². The molecule has 0 spiro atoms. The van der Waals surface area contributed by atoms with E-state index in [1.807, 2.05) is 0 Å². The molecule has 1 aromatic rings. The van der Waals surface area contributed by atoms with Crippen molar-refractivity contribution in [1.82, 2.24) is 10.1 Å². The Morgan fingerprint density at radius 1 is 1.23 bits per heavy atom. The van der Waals surface area contributed by atoms with Crippen LogP contribution >= 0.6 is 0 Å². The normalized spacial score (nSPS) is 40.5. The summed E-state index contributed by atoms with van der Waals surface area (Å²) < 4.78 is 5.14. The van der Waals surface area contributed by atoms with Crippen molar-refractivity contribution < 1.29 is 9.36 Å². The zero-order valence-electron chi connectivity index (χ0n) is 19.0. The molecule has 31 heavy (non-hydrogen) atoms. The van der Waals surface area contributed by atoms with Crippen LogP contribution in [-0.4, -0.2) is 22.5 Å². The number of rotatable bonds is 5. The first-order chi connectivity index (χ1) is 14.9. The van der Waals surface area contributed by atoms with Gasteiger partial charge in [0.25, 0.3) is 0 Å².